The van der Waals surface area contributed by atoms with Crippen molar-refractivity contribution in [2.75, 3.05) is 18.0 Å². The number of anilines is 1. The van der Waals surface area contributed by atoms with Gasteiger partial charge in [0.05, 0.1) is 28.3 Å². The molecule has 0 fully saturated rings. The van der Waals surface area contributed by atoms with Gasteiger partial charge in [-0.25, -0.2) is 13.2 Å². The average molecular weight is 404 g/mol. The second-order valence-corrected chi connectivity index (χ2v) is 8.10. The highest BCUT2D eigenvalue weighted by molar-refractivity contribution is 7.92. The number of carbonyl (C=O) groups is 1. The number of carbonyl (C=O) groups excluding carboxylic acids is 1. The van der Waals surface area contributed by atoms with Gasteiger partial charge in [0.25, 0.3) is 10.0 Å². The second kappa shape index (κ2) is 7.58. The first-order valence-corrected chi connectivity index (χ1v) is 10.1. The smallest absolute Gasteiger partial charge is 0.339 e. The summed E-state index contributed by atoms with van der Waals surface area (Å²) in [6.45, 7) is 1.92. The molecule has 7 heteroatoms. The molecule has 0 aliphatic carbocycles. The number of methoxy groups -OCH3 is 1. The molecule has 3 rings (SSSR count). The van der Waals surface area contributed by atoms with E-state index >= 15 is 0 Å². The SMILES string of the molecule is CCN(c1ccc(Cl)c(C(=O)OC)c1)S(=O)(=O)c1ccc2ccccc2c1. The van der Waals surface area contributed by atoms with Gasteiger partial charge in [-0.3, -0.25) is 4.31 Å². The average Bonchev–Trinajstić information content (AvgIpc) is 2.68. The molecule has 0 N–H and O–H groups in total. The van der Waals surface area contributed by atoms with Crippen LogP contribution in [0.5, 0.6) is 0 Å². The number of halogens is 1. The zero-order valence-electron chi connectivity index (χ0n) is 14.8. The first-order valence-electron chi connectivity index (χ1n) is 8.28. The summed E-state index contributed by atoms with van der Waals surface area (Å²) in [6.07, 6.45) is 0. The summed E-state index contributed by atoms with van der Waals surface area (Å²) in [4.78, 5) is 12.1. The Hall–Kier alpha value is -2.57. The molecule has 0 amide bonds. The third-order valence-corrected chi connectivity index (χ3v) is 6.47. The van der Waals surface area contributed by atoms with Gasteiger partial charge in [-0.15, -0.1) is 0 Å². The Morgan fingerprint density at radius 1 is 1.04 bits per heavy atom. The molecule has 0 radical (unpaired) electrons. The molecule has 0 heterocycles. The van der Waals surface area contributed by atoms with Gasteiger partial charge in [-0.1, -0.05) is 41.9 Å². The number of benzene rings is 3. The van der Waals surface area contributed by atoms with Crippen LogP contribution in [0.25, 0.3) is 10.8 Å². The van der Waals surface area contributed by atoms with Crippen molar-refractivity contribution in [1.82, 2.24) is 0 Å². The normalized spacial score (nSPS) is 11.4. The Kier molecular flexibility index (Phi) is 5.39. The summed E-state index contributed by atoms with van der Waals surface area (Å²) < 4.78 is 32.4. The summed E-state index contributed by atoms with van der Waals surface area (Å²) in [5.74, 6) is -0.624. The first-order chi connectivity index (χ1) is 12.9. The summed E-state index contributed by atoms with van der Waals surface area (Å²) in [7, 11) is -2.57. The largest absolute Gasteiger partial charge is 0.465 e. The predicted molar refractivity (Wildman–Crippen MR) is 107 cm³/mol. The maximum Gasteiger partial charge on any atom is 0.339 e. The van der Waals surface area contributed by atoms with E-state index in [1.165, 1.54) is 23.5 Å². The Morgan fingerprint density at radius 2 is 1.74 bits per heavy atom. The van der Waals surface area contributed by atoms with Crippen LogP contribution in [0.2, 0.25) is 5.02 Å². The number of hydrogen-bond donors (Lipinski definition) is 0. The fourth-order valence-electron chi connectivity index (χ4n) is 2.88. The van der Waals surface area contributed by atoms with E-state index in [9.17, 15) is 13.2 Å². The highest BCUT2D eigenvalue weighted by Gasteiger charge is 2.25. The molecule has 0 saturated carbocycles. The molecule has 3 aromatic carbocycles. The molecule has 5 nitrogen and oxygen atoms in total. The maximum absolute atomic E-state index is 13.2. The van der Waals surface area contributed by atoms with Crippen molar-refractivity contribution < 1.29 is 17.9 Å². The highest BCUT2D eigenvalue weighted by atomic mass is 35.5. The van der Waals surface area contributed by atoms with E-state index in [-0.39, 0.29) is 22.0 Å². The van der Waals surface area contributed by atoms with Crippen molar-refractivity contribution in [1.29, 1.82) is 0 Å². The van der Waals surface area contributed by atoms with E-state index in [0.29, 0.717) is 5.69 Å². The van der Waals surface area contributed by atoms with E-state index < -0.39 is 16.0 Å². The Labute approximate surface area is 163 Å². The molecule has 0 atom stereocenters. The van der Waals surface area contributed by atoms with Crippen LogP contribution in [0.3, 0.4) is 0 Å². The monoisotopic (exact) mass is 403 g/mol. The van der Waals surface area contributed by atoms with E-state index in [4.69, 9.17) is 16.3 Å². The van der Waals surface area contributed by atoms with Crippen molar-refractivity contribution in [2.45, 2.75) is 11.8 Å². The minimum Gasteiger partial charge on any atom is -0.465 e. The lowest BCUT2D eigenvalue weighted by Crippen LogP contribution is -2.31. The number of rotatable bonds is 5. The molecular formula is C20H18ClNO4S. The van der Waals surface area contributed by atoms with Gasteiger partial charge in [0.1, 0.15) is 0 Å². The van der Waals surface area contributed by atoms with Crippen LogP contribution < -0.4 is 4.31 Å². The predicted octanol–water partition coefficient (Wildman–Crippen LogP) is 4.50. The quantitative estimate of drug-likeness (QED) is 0.588. The zero-order chi connectivity index (χ0) is 19.6. The number of esters is 1. The summed E-state index contributed by atoms with van der Waals surface area (Å²) in [5.41, 5.74) is 0.458. The molecular weight excluding hydrogens is 386 g/mol. The number of fused-ring (bicyclic) bond motifs is 1. The molecule has 0 aliphatic heterocycles. The Balaban J connectivity index is 2.09. The second-order valence-electron chi connectivity index (χ2n) is 5.83. The summed E-state index contributed by atoms with van der Waals surface area (Å²) in [5, 5.41) is 1.99. The van der Waals surface area contributed by atoms with Gasteiger partial charge in [0, 0.05) is 6.54 Å². The first kappa shape index (κ1) is 19.2. The van der Waals surface area contributed by atoms with Gasteiger partial charge >= 0.3 is 5.97 Å². The van der Waals surface area contributed by atoms with Gasteiger partial charge in [0.15, 0.2) is 0 Å². The van der Waals surface area contributed by atoms with Gasteiger partial charge in [0.2, 0.25) is 0 Å². The van der Waals surface area contributed by atoms with E-state index in [1.54, 1.807) is 31.2 Å². The minimum atomic E-state index is -3.82. The van der Waals surface area contributed by atoms with Crippen LogP contribution in [0, 0.1) is 0 Å². The van der Waals surface area contributed by atoms with Crippen LogP contribution in [-0.4, -0.2) is 28.0 Å². The fourth-order valence-corrected chi connectivity index (χ4v) is 4.58. The van der Waals surface area contributed by atoms with Gasteiger partial charge < -0.3 is 4.74 Å². The zero-order valence-corrected chi connectivity index (χ0v) is 16.4. The van der Waals surface area contributed by atoms with Crippen LogP contribution in [0.15, 0.2) is 65.6 Å². The van der Waals surface area contributed by atoms with Crippen molar-refractivity contribution in [3.63, 3.8) is 0 Å². The van der Waals surface area contributed by atoms with Crippen LogP contribution >= 0.6 is 11.6 Å². The van der Waals surface area contributed by atoms with Gasteiger partial charge in [-0.2, -0.15) is 0 Å². The van der Waals surface area contributed by atoms with Crippen molar-refractivity contribution in [2.24, 2.45) is 0 Å². The molecule has 0 saturated heterocycles. The Bertz CT molecular complexity index is 1110. The van der Waals surface area contributed by atoms with E-state index in [2.05, 4.69) is 0 Å². The molecule has 0 bridgehead atoms. The summed E-state index contributed by atoms with van der Waals surface area (Å²) >= 11 is 6.05. The molecule has 0 aromatic heterocycles. The topological polar surface area (TPSA) is 63.7 Å². The van der Waals surface area contributed by atoms with Crippen LogP contribution in [0.1, 0.15) is 17.3 Å². The van der Waals surface area contributed by atoms with Crippen molar-refractivity contribution in [3.8, 4) is 0 Å². The highest BCUT2D eigenvalue weighted by Crippen LogP contribution is 2.29. The van der Waals surface area contributed by atoms with Crippen LogP contribution in [0.4, 0.5) is 5.69 Å². The molecule has 0 unspecified atom stereocenters. The van der Waals surface area contributed by atoms with Crippen LogP contribution in [-0.2, 0) is 14.8 Å². The standard InChI is InChI=1S/C20H18ClNO4S/c1-3-22(16-9-11-19(21)18(13-16)20(23)26-2)27(24,25)17-10-8-14-6-4-5-7-15(14)12-17/h4-13H,3H2,1-2H3. The molecule has 0 spiro atoms. The maximum atomic E-state index is 13.2. The van der Waals surface area contributed by atoms with Crippen molar-refractivity contribution >= 4 is 44.1 Å². The number of nitrogens with zero attached hydrogens (tertiary/aromatic N) is 1. The van der Waals surface area contributed by atoms with Crippen molar-refractivity contribution in [3.05, 3.63) is 71.2 Å². The number of hydrogen-bond acceptors (Lipinski definition) is 4. The number of ether oxygens (including phenoxy) is 1. The molecule has 140 valence electrons. The lowest BCUT2D eigenvalue weighted by Gasteiger charge is -2.23. The third kappa shape index (κ3) is 3.63. The van der Waals surface area contributed by atoms with Gasteiger partial charge in [-0.05, 0) is 48.0 Å². The van der Waals surface area contributed by atoms with E-state index in [1.807, 2.05) is 24.3 Å². The van der Waals surface area contributed by atoms with E-state index in [0.717, 1.165) is 10.8 Å². The summed E-state index contributed by atoms with van der Waals surface area (Å²) in [6, 6.07) is 17.0. The Morgan fingerprint density at radius 3 is 2.41 bits per heavy atom. The molecule has 3 aromatic rings. The lowest BCUT2D eigenvalue weighted by atomic mass is 10.1. The number of sulfonamides is 1. The lowest BCUT2D eigenvalue weighted by molar-refractivity contribution is 0.0601. The third-order valence-electron chi connectivity index (χ3n) is 4.24. The minimum absolute atomic E-state index is 0.115. The molecule has 0 aliphatic rings. The molecule has 27 heavy (non-hydrogen) atoms. The fraction of sp³-hybridized carbons (Fsp3) is 0.150.